The Balaban J connectivity index is 1.95. The molecule has 7 nitrogen and oxygen atoms in total. The van der Waals surface area contributed by atoms with Crippen LogP contribution in [0.25, 0.3) is 5.57 Å². The Morgan fingerprint density at radius 1 is 0.933 bits per heavy atom. The third kappa shape index (κ3) is 5.05. The lowest BCUT2D eigenvalue weighted by Crippen LogP contribution is -2.16. The highest BCUT2D eigenvalue weighted by Crippen LogP contribution is 2.27. The van der Waals surface area contributed by atoms with Crippen molar-refractivity contribution in [1.82, 2.24) is 5.48 Å². The summed E-state index contributed by atoms with van der Waals surface area (Å²) in [4.78, 5) is 11.9. The average molecular weight is 424 g/mol. The summed E-state index contributed by atoms with van der Waals surface area (Å²) < 4.78 is 33.0. The van der Waals surface area contributed by atoms with Gasteiger partial charge in [0, 0.05) is 11.8 Å². The second kappa shape index (κ2) is 9.25. The molecule has 0 saturated carbocycles. The van der Waals surface area contributed by atoms with E-state index in [1.54, 1.807) is 41.9 Å². The van der Waals surface area contributed by atoms with E-state index >= 15 is 0 Å². The van der Waals surface area contributed by atoms with Crippen molar-refractivity contribution in [3.8, 4) is 5.75 Å². The van der Waals surface area contributed by atoms with Gasteiger partial charge < -0.3 is 4.74 Å². The quantitative estimate of drug-likeness (QED) is 0.306. The Hall–Kier alpha value is -3.62. The summed E-state index contributed by atoms with van der Waals surface area (Å²) in [5.41, 5.74) is 3.76. The van der Waals surface area contributed by atoms with Crippen molar-refractivity contribution < 1.29 is 23.2 Å². The molecule has 0 unspecified atom stereocenters. The maximum absolute atomic E-state index is 12.7. The molecule has 0 heterocycles. The van der Waals surface area contributed by atoms with Crippen LogP contribution in [0.1, 0.15) is 11.1 Å². The minimum absolute atomic E-state index is 0.0900. The summed E-state index contributed by atoms with van der Waals surface area (Å²) >= 11 is 0. The molecule has 0 aliphatic carbocycles. The van der Waals surface area contributed by atoms with E-state index in [0.29, 0.717) is 22.6 Å². The summed E-state index contributed by atoms with van der Waals surface area (Å²) in [6.07, 6.45) is 1.24. The molecule has 154 valence electrons. The lowest BCUT2D eigenvalue weighted by Gasteiger charge is -2.12. The minimum atomic E-state index is -3.82. The lowest BCUT2D eigenvalue weighted by atomic mass is 9.97. The van der Waals surface area contributed by atoms with Crippen molar-refractivity contribution >= 4 is 27.2 Å². The van der Waals surface area contributed by atoms with Gasteiger partial charge in [-0.15, -0.1) is 0 Å². The number of hydroxylamine groups is 1. The molecule has 30 heavy (non-hydrogen) atoms. The van der Waals surface area contributed by atoms with E-state index in [1.807, 2.05) is 30.3 Å². The van der Waals surface area contributed by atoms with Gasteiger partial charge in [0.25, 0.3) is 15.9 Å². The van der Waals surface area contributed by atoms with E-state index in [-0.39, 0.29) is 4.90 Å². The van der Waals surface area contributed by atoms with E-state index in [2.05, 4.69) is 4.72 Å². The predicted molar refractivity (Wildman–Crippen MR) is 114 cm³/mol. The molecule has 3 N–H and O–H groups in total. The van der Waals surface area contributed by atoms with Crippen LogP contribution in [0.5, 0.6) is 5.75 Å². The van der Waals surface area contributed by atoms with Crippen LogP contribution in [0.4, 0.5) is 5.69 Å². The van der Waals surface area contributed by atoms with E-state index in [4.69, 9.17) is 9.94 Å². The molecule has 0 aliphatic heterocycles. The Kier molecular flexibility index (Phi) is 6.51. The number of hydrogen-bond acceptors (Lipinski definition) is 5. The third-order valence-corrected chi connectivity index (χ3v) is 5.66. The first-order valence-electron chi connectivity index (χ1n) is 8.91. The van der Waals surface area contributed by atoms with Crippen LogP contribution in [0, 0.1) is 0 Å². The minimum Gasteiger partial charge on any atom is -0.497 e. The van der Waals surface area contributed by atoms with Gasteiger partial charge in [0.2, 0.25) is 0 Å². The first-order chi connectivity index (χ1) is 14.4. The summed E-state index contributed by atoms with van der Waals surface area (Å²) in [5.74, 6) is -0.145. The van der Waals surface area contributed by atoms with Crippen LogP contribution in [-0.4, -0.2) is 26.6 Å². The topological polar surface area (TPSA) is 105 Å². The summed E-state index contributed by atoms with van der Waals surface area (Å²) in [7, 11) is -2.32. The zero-order chi connectivity index (χ0) is 21.6. The third-order valence-electron chi connectivity index (χ3n) is 4.27. The SMILES string of the molecule is COc1ccc(S(=O)(=O)Nc2cccc(/C(=C\C(=O)NO)c3ccccc3)c2)cc1. The molecule has 8 heteroatoms. The van der Waals surface area contributed by atoms with Crippen LogP contribution in [-0.2, 0) is 14.8 Å². The van der Waals surface area contributed by atoms with Crippen LogP contribution in [0.15, 0.2) is 89.8 Å². The van der Waals surface area contributed by atoms with Crippen molar-refractivity contribution in [2.75, 3.05) is 11.8 Å². The standard InChI is InChI=1S/C22H20N2O5S/c1-29-19-10-12-20(13-11-19)30(27,28)24-18-9-5-8-17(14-18)21(15-22(25)23-26)16-6-3-2-4-7-16/h2-15,24,26H,1H3,(H,23,25)/b21-15-. The van der Waals surface area contributed by atoms with Gasteiger partial charge in [0.1, 0.15) is 5.75 Å². The molecule has 0 radical (unpaired) electrons. The van der Waals surface area contributed by atoms with Gasteiger partial charge in [-0.1, -0.05) is 42.5 Å². The van der Waals surface area contributed by atoms with Gasteiger partial charge in [0.15, 0.2) is 0 Å². The van der Waals surface area contributed by atoms with Gasteiger partial charge in [-0.3, -0.25) is 14.7 Å². The monoisotopic (exact) mass is 424 g/mol. The van der Waals surface area contributed by atoms with Gasteiger partial charge in [-0.25, -0.2) is 13.9 Å². The predicted octanol–water partition coefficient (Wildman–Crippen LogP) is 3.43. The smallest absolute Gasteiger partial charge is 0.267 e. The largest absolute Gasteiger partial charge is 0.497 e. The first-order valence-corrected chi connectivity index (χ1v) is 10.4. The lowest BCUT2D eigenvalue weighted by molar-refractivity contribution is -0.124. The Bertz CT molecular complexity index is 1160. The van der Waals surface area contributed by atoms with Gasteiger partial charge >= 0.3 is 0 Å². The molecule has 0 bridgehead atoms. The fourth-order valence-electron chi connectivity index (χ4n) is 2.83. The number of sulfonamides is 1. The average Bonchev–Trinajstić information content (AvgIpc) is 2.77. The van der Waals surface area contributed by atoms with Gasteiger partial charge in [-0.2, -0.15) is 0 Å². The summed E-state index contributed by atoms with van der Waals surface area (Å²) in [6.45, 7) is 0. The molecule has 3 aromatic rings. The molecule has 3 rings (SSSR count). The number of benzene rings is 3. The highest BCUT2D eigenvalue weighted by atomic mass is 32.2. The molecule has 0 aliphatic rings. The summed E-state index contributed by atoms with van der Waals surface area (Å²) in [6, 6.07) is 21.8. The molecule has 0 atom stereocenters. The first kappa shape index (κ1) is 21.1. The molecule has 0 fully saturated rings. The molecule has 1 amide bonds. The maximum atomic E-state index is 12.7. The van der Waals surface area contributed by atoms with E-state index in [0.717, 1.165) is 5.56 Å². The number of hydrogen-bond donors (Lipinski definition) is 3. The number of nitrogens with one attached hydrogen (secondary N) is 2. The van der Waals surface area contributed by atoms with Crippen molar-refractivity contribution in [2.24, 2.45) is 0 Å². The van der Waals surface area contributed by atoms with Crippen molar-refractivity contribution in [2.45, 2.75) is 4.90 Å². The Labute approximate surface area is 174 Å². The number of anilines is 1. The van der Waals surface area contributed by atoms with E-state index < -0.39 is 15.9 Å². The fraction of sp³-hybridized carbons (Fsp3) is 0.0455. The van der Waals surface area contributed by atoms with Crippen molar-refractivity contribution in [1.29, 1.82) is 0 Å². The number of ether oxygens (including phenoxy) is 1. The Morgan fingerprint density at radius 3 is 2.23 bits per heavy atom. The molecular weight excluding hydrogens is 404 g/mol. The van der Waals surface area contributed by atoms with E-state index in [9.17, 15) is 13.2 Å². The number of rotatable bonds is 7. The summed E-state index contributed by atoms with van der Waals surface area (Å²) in [5, 5.41) is 8.90. The van der Waals surface area contributed by atoms with Crippen LogP contribution < -0.4 is 14.9 Å². The normalized spacial score (nSPS) is 11.6. The number of carbonyl (C=O) groups is 1. The molecule has 0 saturated heterocycles. The zero-order valence-electron chi connectivity index (χ0n) is 16.1. The molecule has 3 aromatic carbocycles. The van der Waals surface area contributed by atoms with Crippen LogP contribution in [0.2, 0.25) is 0 Å². The maximum Gasteiger partial charge on any atom is 0.267 e. The van der Waals surface area contributed by atoms with Gasteiger partial charge in [0.05, 0.1) is 12.0 Å². The molecular formula is C22H20N2O5S. The van der Waals surface area contributed by atoms with Crippen LogP contribution >= 0.6 is 0 Å². The van der Waals surface area contributed by atoms with Crippen LogP contribution in [0.3, 0.4) is 0 Å². The Morgan fingerprint density at radius 2 is 1.60 bits per heavy atom. The zero-order valence-corrected chi connectivity index (χ0v) is 16.9. The van der Waals surface area contributed by atoms with Crippen molar-refractivity contribution in [3.63, 3.8) is 0 Å². The highest BCUT2D eigenvalue weighted by Gasteiger charge is 2.15. The fourth-order valence-corrected chi connectivity index (χ4v) is 3.88. The number of amides is 1. The number of carbonyl (C=O) groups excluding carboxylic acids is 1. The second-order valence-electron chi connectivity index (χ2n) is 6.26. The van der Waals surface area contributed by atoms with Crippen molar-refractivity contribution in [3.05, 3.63) is 96.1 Å². The van der Waals surface area contributed by atoms with Gasteiger partial charge in [-0.05, 0) is 53.1 Å². The molecule has 0 spiro atoms. The van der Waals surface area contributed by atoms with E-state index in [1.165, 1.54) is 25.3 Å². The second-order valence-corrected chi connectivity index (χ2v) is 7.94. The number of methoxy groups -OCH3 is 1. The molecule has 0 aromatic heterocycles. The highest BCUT2D eigenvalue weighted by molar-refractivity contribution is 7.92.